The Kier molecular flexibility index (Phi) is 6.30. The summed E-state index contributed by atoms with van der Waals surface area (Å²) in [7, 11) is 1.51. The van der Waals surface area contributed by atoms with E-state index in [0.29, 0.717) is 11.7 Å². The predicted octanol–water partition coefficient (Wildman–Crippen LogP) is 2.71. The summed E-state index contributed by atoms with van der Waals surface area (Å²) >= 11 is 6.07. The van der Waals surface area contributed by atoms with Crippen LogP contribution < -0.4 is 10.6 Å². The van der Waals surface area contributed by atoms with Gasteiger partial charge in [-0.05, 0) is 33.1 Å². The van der Waals surface area contributed by atoms with Gasteiger partial charge >= 0.3 is 6.09 Å². The van der Waals surface area contributed by atoms with Crippen molar-refractivity contribution >= 4 is 35.0 Å². The van der Waals surface area contributed by atoms with E-state index in [0.717, 1.165) is 19.1 Å². The van der Waals surface area contributed by atoms with Gasteiger partial charge in [-0.15, -0.1) is 0 Å². The van der Waals surface area contributed by atoms with Crippen LogP contribution in [0.5, 0.6) is 0 Å². The Bertz CT molecular complexity index is 736. The molecule has 2 amide bonds. The van der Waals surface area contributed by atoms with Gasteiger partial charge in [0, 0.05) is 25.4 Å². The number of nitrogens with one attached hydrogen (secondary N) is 3. The average molecular weight is 396 g/mol. The number of rotatable bonds is 5. The lowest BCUT2D eigenvalue weighted by molar-refractivity contribution is -0.117. The third kappa shape index (κ3) is 5.56. The summed E-state index contributed by atoms with van der Waals surface area (Å²) in [5.41, 5.74) is -0.616. The Morgan fingerprint density at radius 2 is 2.19 bits per heavy atom. The second-order valence-electron chi connectivity index (χ2n) is 7.52. The normalized spacial score (nSPS) is 23.3. The lowest BCUT2D eigenvalue weighted by Crippen LogP contribution is -2.40. The highest BCUT2D eigenvalue weighted by atomic mass is 35.5. The fourth-order valence-corrected chi connectivity index (χ4v) is 2.73. The van der Waals surface area contributed by atoms with Crippen molar-refractivity contribution in [2.24, 2.45) is 10.9 Å². The molecule has 1 aliphatic heterocycles. The van der Waals surface area contributed by atoms with Crippen LogP contribution in [0.2, 0.25) is 0 Å². The zero-order valence-corrected chi connectivity index (χ0v) is 17.0. The number of amides is 2. The zero-order valence-electron chi connectivity index (χ0n) is 16.2. The van der Waals surface area contributed by atoms with Crippen LogP contribution >= 0.6 is 11.6 Å². The Balaban J connectivity index is 2.17. The van der Waals surface area contributed by atoms with E-state index in [9.17, 15) is 9.59 Å². The Hall–Kier alpha value is -2.35. The van der Waals surface area contributed by atoms with E-state index in [-0.39, 0.29) is 22.6 Å². The van der Waals surface area contributed by atoms with Gasteiger partial charge in [0.2, 0.25) is 0 Å². The van der Waals surface area contributed by atoms with Crippen molar-refractivity contribution in [2.75, 3.05) is 7.05 Å². The van der Waals surface area contributed by atoms with E-state index in [1.54, 1.807) is 20.8 Å². The molecule has 0 aromatic heterocycles. The van der Waals surface area contributed by atoms with Crippen LogP contribution in [0.3, 0.4) is 0 Å². The molecule has 2 atom stereocenters. The molecule has 2 aliphatic rings. The number of ether oxygens (including phenoxy) is 1. The second-order valence-corrected chi connectivity index (χ2v) is 7.91. The molecule has 0 bridgehead atoms. The number of hydrogen-bond acceptors (Lipinski definition) is 6. The van der Waals surface area contributed by atoms with Gasteiger partial charge in [0.15, 0.2) is 0 Å². The molecular weight excluding hydrogens is 370 g/mol. The fourth-order valence-electron chi connectivity index (χ4n) is 2.54. The van der Waals surface area contributed by atoms with Gasteiger partial charge in [0.25, 0.3) is 5.91 Å². The fraction of sp³-hybridized carbons (Fsp3) is 0.556. The third-order valence-electron chi connectivity index (χ3n) is 4.16. The van der Waals surface area contributed by atoms with Crippen molar-refractivity contribution in [3.05, 3.63) is 23.3 Å². The maximum atomic E-state index is 12.5. The van der Waals surface area contributed by atoms with E-state index in [1.165, 1.54) is 18.0 Å². The van der Waals surface area contributed by atoms with E-state index in [4.69, 9.17) is 21.7 Å². The number of hydrogen-bond donors (Lipinski definition) is 3. The van der Waals surface area contributed by atoms with Crippen LogP contribution in [-0.2, 0) is 9.53 Å². The number of carbonyl (C=O) groups is 2. The SMILES string of the molecule is CCC1CC1NC(=O)/C(C=N)=C1\N=C(Cl)C=C(N(C)C(=O)OC(C)(C)C)N1. The van der Waals surface area contributed by atoms with Crippen molar-refractivity contribution in [2.45, 2.75) is 52.2 Å². The highest BCUT2D eigenvalue weighted by Crippen LogP contribution is 2.33. The summed E-state index contributed by atoms with van der Waals surface area (Å²) < 4.78 is 5.33. The third-order valence-corrected chi connectivity index (χ3v) is 4.35. The topological polar surface area (TPSA) is 107 Å². The quantitative estimate of drug-likeness (QED) is 0.491. The van der Waals surface area contributed by atoms with Gasteiger partial charge in [0.05, 0.1) is 5.57 Å². The van der Waals surface area contributed by atoms with Crippen LogP contribution in [0.15, 0.2) is 28.3 Å². The van der Waals surface area contributed by atoms with Gasteiger partial charge in [-0.3, -0.25) is 9.69 Å². The van der Waals surface area contributed by atoms with E-state index < -0.39 is 17.6 Å². The summed E-state index contributed by atoms with van der Waals surface area (Å²) in [4.78, 5) is 30.1. The summed E-state index contributed by atoms with van der Waals surface area (Å²) in [5.74, 6) is 0.479. The molecule has 9 heteroatoms. The molecular formula is C18H26ClN5O3. The lowest BCUT2D eigenvalue weighted by atomic mass is 10.2. The number of carbonyl (C=O) groups excluding carboxylic acids is 2. The number of nitrogens with zero attached hydrogens (tertiary/aromatic N) is 2. The van der Waals surface area contributed by atoms with Crippen molar-refractivity contribution in [3.8, 4) is 0 Å². The standard InChI is InChI=1S/C18H26ClN5O3/c1-6-10-7-12(10)21-16(25)11(9-20)15-22-13(19)8-14(23-15)24(5)17(26)27-18(2,3)4/h8-10,12,20,23H,6-7H2,1-5H3,(H,21,25)/b15-11+,20-9?. The van der Waals surface area contributed by atoms with Gasteiger partial charge in [-0.25, -0.2) is 9.79 Å². The summed E-state index contributed by atoms with van der Waals surface area (Å²) in [6.07, 6.45) is 3.72. The minimum absolute atomic E-state index is 0.0399. The molecule has 0 aromatic carbocycles. The summed E-state index contributed by atoms with van der Waals surface area (Å²) in [5, 5.41) is 13.5. The molecule has 1 fully saturated rings. The monoisotopic (exact) mass is 395 g/mol. The number of halogens is 1. The van der Waals surface area contributed by atoms with Crippen molar-refractivity contribution in [1.29, 1.82) is 5.41 Å². The van der Waals surface area contributed by atoms with Crippen molar-refractivity contribution in [1.82, 2.24) is 15.5 Å². The van der Waals surface area contributed by atoms with Crippen LogP contribution in [-0.4, -0.2) is 47.0 Å². The lowest BCUT2D eigenvalue weighted by Gasteiger charge is -2.28. The average Bonchev–Trinajstić information content (AvgIpc) is 3.30. The summed E-state index contributed by atoms with van der Waals surface area (Å²) in [6, 6.07) is 0.126. The minimum atomic E-state index is -0.656. The first-order chi connectivity index (χ1) is 12.6. The second kappa shape index (κ2) is 8.12. The minimum Gasteiger partial charge on any atom is -0.443 e. The molecule has 148 valence electrons. The molecule has 1 heterocycles. The van der Waals surface area contributed by atoms with Crippen molar-refractivity contribution in [3.63, 3.8) is 0 Å². The molecule has 8 nitrogen and oxygen atoms in total. The molecule has 3 N–H and O–H groups in total. The maximum Gasteiger partial charge on any atom is 0.415 e. The first kappa shape index (κ1) is 21.0. The number of allylic oxidation sites excluding steroid dienone is 1. The van der Waals surface area contributed by atoms with E-state index in [1.807, 2.05) is 0 Å². The molecule has 1 saturated carbocycles. The highest BCUT2D eigenvalue weighted by Gasteiger charge is 2.37. The Morgan fingerprint density at radius 1 is 1.52 bits per heavy atom. The van der Waals surface area contributed by atoms with Gasteiger partial charge < -0.3 is 20.8 Å². The first-order valence-corrected chi connectivity index (χ1v) is 9.18. The molecule has 0 radical (unpaired) electrons. The first-order valence-electron chi connectivity index (χ1n) is 8.81. The van der Waals surface area contributed by atoms with Crippen LogP contribution in [0.1, 0.15) is 40.5 Å². The van der Waals surface area contributed by atoms with Gasteiger partial charge in [-0.2, -0.15) is 0 Å². The zero-order chi connectivity index (χ0) is 20.4. The molecule has 0 aromatic rings. The van der Waals surface area contributed by atoms with Crippen LogP contribution in [0.4, 0.5) is 4.79 Å². The maximum absolute atomic E-state index is 12.5. The smallest absolute Gasteiger partial charge is 0.415 e. The Morgan fingerprint density at radius 3 is 2.70 bits per heavy atom. The van der Waals surface area contributed by atoms with E-state index in [2.05, 4.69) is 22.5 Å². The van der Waals surface area contributed by atoms with Gasteiger partial charge in [-0.1, -0.05) is 24.9 Å². The molecule has 2 unspecified atom stereocenters. The molecule has 2 rings (SSSR count). The van der Waals surface area contributed by atoms with Gasteiger partial charge in [0.1, 0.15) is 22.4 Å². The van der Waals surface area contributed by atoms with Crippen LogP contribution in [0.25, 0.3) is 0 Å². The molecule has 27 heavy (non-hydrogen) atoms. The van der Waals surface area contributed by atoms with Crippen LogP contribution in [0, 0.1) is 11.3 Å². The van der Waals surface area contributed by atoms with Crippen molar-refractivity contribution < 1.29 is 14.3 Å². The molecule has 1 aliphatic carbocycles. The molecule has 0 saturated heterocycles. The predicted molar refractivity (Wildman–Crippen MR) is 105 cm³/mol. The Labute approximate surface area is 164 Å². The summed E-state index contributed by atoms with van der Waals surface area (Å²) in [6.45, 7) is 7.36. The highest BCUT2D eigenvalue weighted by molar-refractivity contribution is 6.68. The number of aliphatic imine (C=N–C) groups is 1. The largest absolute Gasteiger partial charge is 0.443 e. The van der Waals surface area contributed by atoms with E-state index >= 15 is 0 Å². The molecule has 0 spiro atoms.